The molecule has 2 saturated heterocycles. The number of pyridine rings is 1. The molecule has 1 atom stereocenters. The number of hydrogen-bond donors (Lipinski definition) is 1. The third kappa shape index (κ3) is 2.08. The largest absolute Gasteiger partial charge is 0.370 e. The fourth-order valence-corrected chi connectivity index (χ4v) is 3.06. The van der Waals surface area contributed by atoms with E-state index >= 15 is 0 Å². The van der Waals surface area contributed by atoms with Crippen LogP contribution >= 0.6 is 0 Å². The first-order valence-electron chi connectivity index (χ1n) is 6.59. The molecule has 0 radical (unpaired) electrons. The van der Waals surface area contributed by atoms with Crippen molar-refractivity contribution in [1.82, 2.24) is 10.3 Å². The molecule has 2 aliphatic heterocycles. The minimum Gasteiger partial charge on any atom is -0.370 e. The number of nitrogens with zero attached hydrogens (tertiary/aromatic N) is 3. The molecule has 19 heavy (non-hydrogen) atoms. The van der Waals surface area contributed by atoms with Crippen LogP contribution in [-0.4, -0.2) is 36.9 Å². The van der Waals surface area contributed by atoms with E-state index in [4.69, 9.17) is 5.26 Å². The molecule has 1 spiro atoms. The Kier molecular flexibility index (Phi) is 2.96. The molecule has 0 aliphatic carbocycles. The van der Waals surface area contributed by atoms with E-state index in [1.54, 1.807) is 12.3 Å². The van der Waals surface area contributed by atoms with Crippen molar-refractivity contribution in [3.63, 3.8) is 0 Å². The maximum absolute atomic E-state index is 12.2. The molecular formula is C14H16N4O. The second kappa shape index (κ2) is 4.63. The van der Waals surface area contributed by atoms with Crippen LogP contribution in [0, 0.1) is 16.7 Å². The first kappa shape index (κ1) is 12.1. The summed E-state index contributed by atoms with van der Waals surface area (Å²) in [5, 5.41) is 12.0. The number of hydrogen-bond acceptors (Lipinski definition) is 5. The summed E-state index contributed by atoms with van der Waals surface area (Å²) in [7, 11) is 0. The molecule has 98 valence electrons. The van der Waals surface area contributed by atoms with Crippen molar-refractivity contribution >= 4 is 11.5 Å². The summed E-state index contributed by atoms with van der Waals surface area (Å²) < 4.78 is 0. The molecule has 5 nitrogen and oxygen atoms in total. The van der Waals surface area contributed by atoms with Crippen molar-refractivity contribution in [1.29, 1.82) is 5.26 Å². The number of nitrogens with one attached hydrogen (secondary N) is 1. The van der Waals surface area contributed by atoms with E-state index in [-0.39, 0.29) is 5.41 Å². The van der Waals surface area contributed by atoms with Gasteiger partial charge in [-0.05, 0) is 31.5 Å². The van der Waals surface area contributed by atoms with E-state index in [0.717, 1.165) is 38.2 Å². The fraction of sp³-hybridized carbons (Fsp3) is 0.500. The SMILES string of the molecule is N#Cc1cc(N2CCC3(CCNCC3=O)C2)ccn1. The smallest absolute Gasteiger partial charge is 0.154 e. The lowest BCUT2D eigenvalue weighted by molar-refractivity contribution is -0.128. The van der Waals surface area contributed by atoms with E-state index in [1.807, 2.05) is 6.07 Å². The van der Waals surface area contributed by atoms with Crippen LogP contribution in [0.4, 0.5) is 5.69 Å². The number of aromatic nitrogens is 1. The van der Waals surface area contributed by atoms with Gasteiger partial charge in [0.2, 0.25) is 0 Å². The van der Waals surface area contributed by atoms with E-state index in [9.17, 15) is 4.79 Å². The topological polar surface area (TPSA) is 69.0 Å². The number of carbonyl (C=O) groups is 1. The first-order chi connectivity index (χ1) is 9.23. The van der Waals surface area contributed by atoms with Crippen LogP contribution in [0.1, 0.15) is 18.5 Å². The van der Waals surface area contributed by atoms with Gasteiger partial charge < -0.3 is 10.2 Å². The molecule has 2 aliphatic rings. The molecule has 5 heteroatoms. The first-order valence-corrected chi connectivity index (χ1v) is 6.59. The number of ketones is 1. The molecule has 3 rings (SSSR count). The maximum Gasteiger partial charge on any atom is 0.154 e. The summed E-state index contributed by atoms with van der Waals surface area (Å²) in [6, 6.07) is 5.76. The van der Waals surface area contributed by atoms with E-state index < -0.39 is 0 Å². The summed E-state index contributed by atoms with van der Waals surface area (Å²) in [6.07, 6.45) is 3.49. The Balaban J connectivity index is 1.82. The summed E-state index contributed by atoms with van der Waals surface area (Å²) in [5.41, 5.74) is 1.24. The Morgan fingerprint density at radius 2 is 2.37 bits per heavy atom. The standard InChI is InChI=1S/C14H16N4O/c15-8-11-7-12(1-4-17-11)18-6-3-14(10-18)2-5-16-9-13(14)19/h1,4,7,16H,2-3,5-6,9-10H2. The second-order valence-corrected chi connectivity index (χ2v) is 5.31. The zero-order valence-corrected chi connectivity index (χ0v) is 10.7. The zero-order chi connectivity index (χ0) is 13.3. The highest BCUT2D eigenvalue weighted by Crippen LogP contribution is 2.38. The monoisotopic (exact) mass is 256 g/mol. The van der Waals surface area contributed by atoms with Gasteiger partial charge in [-0.1, -0.05) is 0 Å². The Morgan fingerprint density at radius 3 is 3.16 bits per heavy atom. The molecule has 2 fully saturated rings. The predicted molar refractivity (Wildman–Crippen MR) is 70.7 cm³/mol. The number of carbonyl (C=O) groups excluding carboxylic acids is 1. The maximum atomic E-state index is 12.2. The van der Waals surface area contributed by atoms with E-state index in [0.29, 0.717) is 18.0 Å². The average Bonchev–Trinajstić information content (AvgIpc) is 2.88. The second-order valence-electron chi connectivity index (χ2n) is 5.31. The molecule has 0 aromatic carbocycles. The van der Waals surface area contributed by atoms with Gasteiger partial charge >= 0.3 is 0 Å². The fourth-order valence-electron chi connectivity index (χ4n) is 3.06. The molecule has 0 bridgehead atoms. The Bertz CT molecular complexity index is 551. The van der Waals surface area contributed by atoms with Gasteiger partial charge in [-0.3, -0.25) is 4.79 Å². The summed E-state index contributed by atoms with van der Waals surface area (Å²) in [4.78, 5) is 18.3. The van der Waals surface area contributed by atoms with Gasteiger partial charge in [0.25, 0.3) is 0 Å². The van der Waals surface area contributed by atoms with Crippen LogP contribution in [0.2, 0.25) is 0 Å². The van der Waals surface area contributed by atoms with Crippen LogP contribution in [0.25, 0.3) is 0 Å². The number of anilines is 1. The minimum absolute atomic E-state index is 0.179. The molecule has 0 saturated carbocycles. The number of rotatable bonds is 1. The predicted octanol–water partition coefficient (Wildman–Crippen LogP) is 0.712. The highest BCUT2D eigenvalue weighted by molar-refractivity contribution is 5.88. The highest BCUT2D eigenvalue weighted by atomic mass is 16.1. The molecule has 0 amide bonds. The van der Waals surface area contributed by atoms with Gasteiger partial charge in [-0.2, -0.15) is 5.26 Å². The third-order valence-corrected chi connectivity index (χ3v) is 4.23. The van der Waals surface area contributed by atoms with Crippen molar-refractivity contribution in [2.75, 3.05) is 31.1 Å². The highest BCUT2D eigenvalue weighted by Gasteiger charge is 2.45. The van der Waals surface area contributed by atoms with Gasteiger partial charge in [-0.15, -0.1) is 0 Å². The Labute approximate surface area is 112 Å². The average molecular weight is 256 g/mol. The van der Waals surface area contributed by atoms with Crippen molar-refractivity contribution < 1.29 is 4.79 Å². The molecule has 1 aromatic rings. The summed E-state index contributed by atoms with van der Waals surface area (Å²) in [5.74, 6) is 0.329. The quantitative estimate of drug-likeness (QED) is 0.801. The van der Waals surface area contributed by atoms with Gasteiger partial charge in [0.05, 0.1) is 12.0 Å². The van der Waals surface area contributed by atoms with Gasteiger partial charge in [-0.25, -0.2) is 4.98 Å². The van der Waals surface area contributed by atoms with Crippen molar-refractivity contribution in [3.05, 3.63) is 24.0 Å². The van der Waals surface area contributed by atoms with Crippen LogP contribution in [0.15, 0.2) is 18.3 Å². The lowest BCUT2D eigenvalue weighted by Gasteiger charge is -2.32. The van der Waals surface area contributed by atoms with E-state index in [2.05, 4.69) is 21.3 Å². The van der Waals surface area contributed by atoms with Gasteiger partial charge in [0.15, 0.2) is 5.78 Å². The third-order valence-electron chi connectivity index (χ3n) is 4.23. The Hall–Kier alpha value is -1.93. The number of piperidine rings is 1. The lowest BCUT2D eigenvalue weighted by atomic mass is 9.77. The normalized spacial score (nSPS) is 26.7. The van der Waals surface area contributed by atoms with Crippen LogP contribution in [-0.2, 0) is 4.79 Å². The molecule has 1 unspecified atom stereocenters. The molecule has 1 N–H and O–H groups in total. The number of Topliss-reactive ketones (excluding diaryl/α,β-unsaturated/α-hetero) is 1. The lowest BCUT2D eigenvalue weighted by Crippen LogP contribution is -2.47. The van der Waals surface area contributed by atoms with Gasteiger partial charge in [0.1, 0.15) is 11.8 Å². The van der Waals surface area contributed by atoms with Crippen LogP contribution in [0.5, 0.6) is 0 Å². The van der Waals surface area contributed by atoms with Crippen molar-refractivity contribution in [2.24, 2.45) is 5.41 Å². The molecule has 3 heterocycles. The van der Waals surface area contributed by atoms with Crippen LogP contribution < -0.4 is 10.2 Å². The van der Waals surface area contributed by atoms with Crippen LogP contribution in [0.3, 0.4) is 0 Å². The van der Waals surface area contributed by atoms with Crippen molar-refractivity contribution in [2.45, 2.75) is 12.8 Å². The minimum atomic E-state index is -0.179. The summed E-state index contributed by atoms with van der Waals surface area (Å²) >= 11 is 0. The van der Waals surface area contributed by atoms with Gasteiger partial charge in [0, 0.05) is 25.0 Å². The molecular weight excluding hydrogens is 240 g/mol. The number of nitriles is 1. The summed E-state index contributed by atoms with van der Waals surface area (Å²) in [6.45, 7) is 3.05. The zero-order valence-electron chi connectivity index (χ0n) is 10.7. The Morgan fingerprint density at radius 1 is 1.47 bits per heavy atom. The van der Waals surface area contributed by atoms with Crippen molar-refractivity contribution in [3.8, 4) is 6.07 Å². The van der Waals surface area contributed by atoms with E-state index in [1.165, 1.54) is 0 Å². The molecule has 1 aromatic heterocycles.